The molecule has 0 aliphatic rings. The highest BCUT2D eigenvalue weighted by Crippen LogP contribution is 2.13. The van der Waals surface area contributed by atoms with Gasteiger partial charge < -0.3 is 15.7 Å². The lowest BCUT2D eigenvalue weighted by molar-refractivity contribution is -0.133. The summed E-state index contributed by atoms with van der Waals surface area (Å²) in [7, 11) is 1.79. The highest BCUT2D eigenvalue weighted by molar-refractivity contribution is 5.82. The molecule has 114 valence electrons. The molecule has 6 heteroatoms. The zero-order valence-corrected chi connectivity index (χ0v) is 12.5. The molecule has 1 atom stereocenters. The molecule has 0 aromatic carbocycles. The molecule has 0 fully saturated rings. The molecular formula is C14H26N4O2. The molecule has 1 heterocycles. The lowest BCUT2D eigenvalue weighted by Gasteiger charge is -2.24. The number of carbonyl (C=O) groups excluding carboxylic acids is 1. The van der Waals surface area contributed by atoms with Crippen LogP contribution in [0.25, 0.3) is 0 Å². The maximum atomic E-state index is 12.4. The van der Waals surface area contributed by atoms with Crippen molar-refractivity contribution in [1.29, 1.82) is 0 Å². The third kappa shape index (κ3) is 4.94. The fraction of sp³-hybridized carbons (Fsp3) is 0.714. The van der Waals surface area contributed by atoms with E-state index in [1.807, 2.05) is 0 Å². The zero-order chi connectivity index (χ0) is 15.0. The number of nitrogens with two attached hydrogens (primary N) is 1. The molecule has 0 aliphatic heterocycles. The van der Waals surface area contributed by atoms with Gasteiger partial charge in [0.2, 0.25) is 5.91 Å². The first-order chi connectivity index (χ1) is 9.60. The number of rotatable bonds is 9. The normalized spacial score (nSPS) is 12.4. The summed E-state index contributed by atoms with van der Waals surface area (Å²) in [6, 6.07) is -0.707. The van der Waals surface area contributed by atoms with Crippen LogP contribution in [0.1, 0.15) is 44.2 Å². The summed E-state index contributed by atoms with van der Waals surface area (Å²) in [5, 5.41) is 13.1. The number of hydrogen-bond acceptors (Lipinski definition) is 4. The third-order valence-electron chi connectivity index (χ3n) is 3.31. The number of aliphatic hydroxyl groups excluding tert-OH is 1. The molecule has 1 unspecified atom stereocenters. The van der Waals surface area contributed by atoms with Crippen molar-refractivity contribution < 1.29 is 9.90 Å². The minimum Gasteiger partial charge on any atom is -0.395 e. The quantitative estimate of drug-likeness (QED) is 0.657. The van der Waals surface area contributed by atoms with Crippen molar-refractivity contribution in [3.63, 3.8) is 0 Å². The predicted molar refractivity (Wildman–Crippen MR) is 77.9 cm³/mol. The van der Waals surface area contributed by atoms with Gasteiger partial charge in [-0.05, 0) is 6.42 Å². The minimum atomic E-state index is -0.707. The summed E-state index contributed by atoms with van der Waals surface area (Å²) in [4.78, 5) is 14.0. The molecule has 0 saturated heterocycles. The van der Waals surface area contributed by atoms with E-state index >= 15 is 0 Å². The molecule has 0 aliphatic carbocycles. The van der Waals surface area contributed by atoms with Crippen LogP contribution in [0.2, 0.25) is 0 Å². The number of aromatic nitrogens is 2. The van der Waals surface area contributed by atoms with E-state index in [-0.39, 0.29) is 12.5 Å². The number of amides is 1. The summed E-state index contributed by atoms with van der Waals surface area (Å²) in [5.41, 5.74) is 6.69. The summed E-state index contributed by atoms with van der Waals surface area (Å²) in [5.74, 6) is -0.149. The number of unbranched alkanes of at least 4 members (excludes halogenated alkanes) is 3. The number of hydrogen-bond donors (Lipinski definition) is 2. The lowest BCUT2D eigenvalue weighted by Crippen LogP contribution is -2.40. The number of aliphatic hydroxyl groups is 1. The van der Waals surface area contributed by atoms with Crippen molar-refractivity contribution in [3.8, 4) is 0 Å². The Kier molecular flexibility index (Phi) is 7.25. The molecule has 1 amide bonds. The van der Waals surface area contributed by atoms with E-state index in [1.165, 1.54) is 0 Å². The van der Waals surface area contributed by atoms with Crippen molar-refractivity contribution in [2.24, 2.45) is 12.8 Å². The smallest absolute Gasteiger partial charge is 0.244 e. The Morgan fingerprint density at radius 1 is 1.45 bits per heavy atom. The van der Waals surface area contributed by atoms with E-state index in [2.05, 4.69) is 12.0 Å². The van der Waals surface area contributed by atoms with Gasteiger partial charge in [-0.3, -0.25) is 9.48 Å². The van der Waals surface area contributed by atoms with Crippen LogP contribution in [0.4, 0.5) is 0 Å². The predicted octanol–water partition coefficient (Wildman–Crippen LogP) is 0.821. The van der Waals surface area contributed by atoms with E-state index < -0.39 is 6.04 Å². The van der Waals surface area contributed by atoms with Crippen LogP contribution >= 0.6 is 0 Å². The Labute approximate surface area is 120 Å². The lowest BCUT2D eigenvalue weighted by atomic mass is 10.1. The fourth-order valence-electron chi connectivity index (χ4n) is 2.12. The zero-order valence-electron chi connectivity index (χ0n) is 12.5. The van der Waals surface area contributed by atoms with Crippen molar-refractivity contribution in [2.45, 2.75) is 38.6 Å². The Morgan fingerprint density at radius 3 is 2.75 bits per heavy atom. The average molecular weight is 282 g/mol. The Morgan fingerprint density at radius 2 is 2.20 bits per heavy atom. The molecule has 1 rings (SSSR count). The first-order valence-corrected chi connectivity index (χ1v) is 7.24. The maximum Gasteiger partial charge on any atom is 0.244 e. The topological polar surface area (TPSA) is 84.4 Å². The standard InChI is InChI=1S/C14H26N4O2/c1-3-4-5-6-7-18(8-9-19)14(20)13(15)12-10-16-17(2)11-12/h10-11,13,19H,3-9,15H2,1-2H3. The van der Waals surface area contributed by atoms with Gasteiger partial charge in [0.1, 0.15) is 6.04 Å². The monoisotopic (exact) mass is 282 g/mol. The van der Waals surface area contributed by atoms with Crippen LogP contribution in [0.3, 0.4) is 0 Å². The Hall–Kier alpha value is -1.40. The van der Waals surface area contributed by atoms with Crippen LogP contribution in [-0.4, -0.2) is 45.4 Å². The van der Waals surface area contributed by atoms with Crippen LogP contribution in [0.5, 0.6) is 0 Å². The van der Waals surface area contributed by atoms with Gasteiger partial charge in [-0.15, -0.1) is 0 Å². The van der Waals surface area contributed by atoms with Crippen molar-refractivity contribution in [1.82, 2.24) is 14.7 Å². The van der Waals surface area contributed by atoms with Crippen LogP contribution in [-0.2, 0) is 11.8 Å². The molecule has 0 saturated carbocycles. The van der Waals surface area contributed by atoms with E-state index in [1.54, 1.807) is 29.0 Å². The molecule has 0 spiro atoms. The molecule has 3 N–H and O–H groups in total. The SMILES string of the molecule is CCCCCCN(CCO)C(=O)C(N)c1cnn(C)c1. The molecular weight excluding hydrogens is 256 g/mol. The van der Waals surface area contributed by atoms with E-state index in [0.717, 1.165) is 25.7 Å². The van der Waals surface area contributed by atoms with Gasteiger partial charge in [0.05, 0.1) is 12.8 Å². The second-order valence-electron chi connectivity index (χ2n) is 5.03. The van der Waals surface area contributed by atoms with Gasteiger partial charge in [0.25, 0.3) is 0 Å². The van der Waals surface area contributed by atoms with Gasteiger partial charge in [0.15, 0.2) is 0 Å². The first kappa shape index (κ1) is 16.7. The van der Waals surface area contributed by atoms with Gasteiger partial charge in [-0.1, -0.05) is 26.2 Å². The second kappa shape index (κ2) is 8.71. The van der Waals surface area contributed by atoms with E-state index in [9.17, 15) is 4.79 Å². The number of aryl methyl sites for hydroxylation is 1. The van der Waals surface area contributed by atoms with Crippen LogP contribution < -0.4 is 5.73 Å². The summed E-state index contributed by atoms with van der Waals surface area (Å²) < 4.78 is 1.63. The summed E-state index contributed by atoms with van der Waals surface area (Å²) in [6.45, 7) is 3.08. The van der Waals surface area contributed by atoms with Gasteiger partial charge >= 0.3 is 0 Å². The van der Waals surface area contributed by atoms with Crippen molar-refractivity contribution >= 4 is 5.91 Å². The second-order valence-corrected chi connectivity index (χ2v) is 5.03. The van der Waals surface area contributed by atoms with Crippen molar-refractivity contribution in [2.75, 3.05) is 19.7 Å². The Bertz CT molecular complexity index is 406. The minimum absolute atomic E-state index is 0.0424. The molecule has 0 bridgehead atoms. The van der Waals surface area contributed by atoms with Crippen LogP contribution in [0.15, 0.2) is 12.4 Å². The van der Waals surface area contributed by atoms with Gasteiger partial charge in [-0.2, -0.15) is 5.10 Å². The highest BCUT2D eigenvalue weighted by atomic mass is 16.3. The van der Waals surface area contributed by atoms with Crippen LogP contribution in [0, 0.1) is 0 Å². The molecule has 1 aromatic heterocycles. The van der Waals surface area contributed by atoms with Gasteiger partial charge in [-0.25, -0.2) is 0 Å². The number of nitrogens with zero attached hydrogens (tertiary/aromatic N) is 3. The Balaban J connectivity index is 2.58. The average Bonchev–Trinajstić information content (AvgIpc) is 2.87. The fourth-order valence-corrected chi connectivity index (χ4v) is 2.12. The van der Waals surface area contributed by atoms with Gasteiger partial charge in [0, 0.05) is 31.9 Å². The van der Waals surface area contributed by atoms with E-state index in [0.29, 0.717) is 18.7 Å². The molecule has 6 nitrogen and oxygen atoms in total. The van der Waals surface area contributed by atoms with E-state index in [4.69, 9.17) is 10.8 Å². The summed E-state index contributed by atoms with van der Waals surface area (Å²) in [6.07, 6.45) is 7.71. The van der Waals surface area contributed by atoms with Crippen molar-refractivity contribution in [3.05, 3.63) is 18.0 Å². The third-order valence-corrected chi connectivity index (χ3v) is 3.31. The maximum absolute atomic E-state index is 12.4. The number of carbonyl (C=O) groups is 1. The molecule has 20 heavy (non-hydrogen) atoms. The first-order valence-electron chi connectivity index (χ1n) is 7.24. The molecule has 1 aromatic rings. The highest BCUT2D eigenvalue weighted by Gasteiger charge is 2.22. The summed E-state index contributed by atoms with van der Waals surface area (Å²) >= 11 is 0. The molecule has 0 radical (unpaired) electrons. The largest absolute Gasteiger partial charge is 0.395 e.